The second kappa shape index (κ2) is 7.17. The number of carbonyl (C=O) groups is 1. The molecule has 2 rings (SSSR count). The lowest BCUT2D eigenvalue weighted by molar-refractivity contribution is -0.139. The number of benzene rings is 1. The maximum atomic E-state index is 12.4. The minimum atomic E-state index is -0.388. The number of amides is 1. The molecule has 1 aliphatic heterocycles. The summed E-state index contributed by atoms with van der Waals surface area (Å²) in [7, 11) is 1.63. The van der Waals surface area contributed by atoms with Crippen molar-refractivity contribution in [3.8, 4) is 11.5 Å². The summed E-state index contributed by atoms with van der Waals surface area (Å²) in [5.74, 6) is 1.61. The third kappa shape index (κ3) is 3.65. The van der Waals surface area contributed by atoms with Crippen LogP contribution < -0.4 is 9.47 Å². The summed E-state index contributed by atoms with van der Waals surface area (Å²) in [6, 6.07) is 7.36. The molecule has 0 radical (unpaired) electrons. The highest BCUT2D eigenvalue weighted by atomic mass is 16.5. The van der Waals surface area contributed by atoms with E-state index in [1.807, 2.05) is 36.1 Å². The van der Waals surface area contributed by atoms with Crippen LogP contribution in [0.4, 0.5) is 0 Å². The first-order chi connectivity index (χ1) is 9.74. The first-order valence-corrected chi connectivity index (χ1v) is 7.34. The summed E-state index contributed by atoms with van der Waals surface area (Å²) in [4.78, 5) is 14.4. The van der Waals surface area contributed by atoms with E-state index in [1.54, 1.807) is 7.11 Å². The van der Waals surface area contributed by atoms with Crippen LogP contribution in [-0.2, 0) is 4.79 Å². The Morgan fingerprint density at radius 3 is 2.30 bits per heavy atom. The van der Waals surface area contributed by atoms with Gasteiger partial charge in [-0.2, -0.15) is 0 Å². The molecular weight excluding hydrogens is 254 g/mol. The molecule has 0 unspecified atom stereocenters. The van der Waals surface area contributed by atoms with Gasteiger partial charge in [-0.25, -0.2) is 0 Å². The van der Waals surface area contributed by atoms with Gasteiger partial charge in [0.05, 0.1) is 7.11 Å². The topological polar surface area (TPSA) is 38.8 Å². The van der Waals surface area contributed by atoms with E-state index in [0.29, 0.717) is 12.2 Å². The summed E-state index contributed by atoms with van der Waals surface area (Å²) >= 11 is 0. The van der Waals surface area contributed by atoms with Crippen molar-refractivity contribution < 1.29 is 14.3 Å². The zero-order valence-electron chi connectivity index (χ0n) is 12.3. The van der Waals surface area contributed by atoms with E-state index in [0.717, 1.165) is 31.7 Å². The van der Waals surface area contributed by atoms with Crippen LogP contribution in [0.25, 0.3) is 0 Å². The number of carbonyl (C=O) groups excluding carboxylic acids is 1. The van der Waals surface area contributed by atoms with E-state index >= 15 is 0 Å². The van der Waals surface area contributed by atoms with Crippen LogP contribution in [0.15, 0.2) is 24.3 Å². The Hall–Kier alpha value is -1.71. The monoisotopic (exact) mass is 277 g/mol. The summed E-state index contributed by atoms with van der Waals surface area (Å²) in [5, 5.41) is 0. The van der Waals surface area contributed by atoms with Crippen LogP contribution in [0.1, 0.15) is 32.6 Å². The first-order valence-electron chi connectivity index (χ1n) is 7.34. The molecule has 0 aromatic heterocycles. The molecule has 0 spiro atoms. The largest absolute Gasteiger partial charge is 0.497 e. The molecule has 0 N–H and O–H groups in total. The third-order valence-corrected chi connectivity index (χ3v) is 3.65. The van der Waals surface area contributed by atoms with Gasteiger partial charge in [-0.1, -0.05) is 6.92 Å². The minimum Gasteiger partial charge on any atom is -0.497 e. The average Bonchev–Trinajstić information content (AvgIpc) is 2.53. The van der Waals surface area contributed by atoms with Gasteiger partial charge >= 0.3 is 0 Å². The van der Waals surface area contributed by atoms with Crippen LogP contribution in [0.5, 0.6) is 11.5 Å². The fraction of sp³-hybridized carbons (Fsp3) is 0.562. The van der Waals surface area contributed by atoms with Crippen molar-refractivity contribution in [1.29, 1.82) is 0 Å². The Labute approximate surface area is 120 Å². The standard InChI is InChI=1S/C16H23NO3/c1-3-15(16(18)17-11-5-4-6-12-17)20-14-9-7-13(19-2)8-10-14/h7-10,15H,3-6,11-12H2,1-2H3/t15-/m1/s1. The summed E-state index contributed by atoms with van der Waals surface area (Å²) in [5.41, 5.74) is 0. The van der Waals surface area contributed by atoms with Gasteiger partial charge in [0.2, 0.25) is 0 Å². The normalized spacial score (nSPS) is 16.6. The lowest BCUT2D eigenvalue weighted by Gasteiger charge is -2.30. The zero-order valence-corrected chi connectivity index (χ0v) is 12.3. The summed E-state index contributed by atoms with van der Waals surface area (Å²) in [6.45, 7) is 3.71. The molecule has 4 nitrogen and oxygen atoms in total. The molecule has 1 aliphatic rings. The molecule has 0 saturated carbocycles. The van der Waals surface area contributed by atoms with Crippen LogP contribution in [0.3, 0.4) is 0 Å². The van der Waals surface area contributed by atoms with Crippen molar-refractivity contribution in [2.45, 2.75) is 38.7 Å². The minimum absolute atomic E-state index is 0.114. The van der Waals surface area contributed by atoms with E-state index in [-0.39, 0.29) is 12.0 Å². The molecule has 1 heterocycles. The number of piperidine rings is 1. The Kier molecular flexibility index (Phi) is 5.27. The van der Waals surface area contributed by atoms with Gasteiger partial charge in [0.15, 0.2) is 6.10 Å². The van der Waals surface area contributed by atoms with Crippen LogP contribution >= 0.6 is 0 Å². The van der Waals surface area contributed by atoms with Crippen molar-refractivity contribution in [2.75, 3.05) is 20.2 Å². The van der Waals surface area contributed by atoms with Crippen molar-refractivity contribution >= 4 is 5.91 Å². The maximum Gasteiger partial charge on any atom is 0.263 e. The molecule has 1 amide bonds. The van der Waals surface area contributed by atoms with E-state index in [1.165, 1.54) is 6.42 Å². The van der Waals surface area contributed by atoms with Gasteiger partial charge in [0.1, 0.15) is 11.5 Å². The third-order valence-electron chi connectivity index (χ3n) is 3.65. The number of ether oxygens (including phenoxy) is 2. The smallest absolute Gasteiger partial charge is 0.263 e. The summed E-state index contributed by atoms with van der Waals surface area (Å²) in [6.07, 6.45) is 3.72. The molecule has 20 heavy (non-hydrogen) atoms. The first kappa shape index (κ1) is 14.7. The SMILES string of the molecule is CC[C@@H](Oc1ccc(OC)cc1)C(=O)N1CCCCC1. The highest BCUT2D eigenvalue weighted by Crippen LogP contribution is 2.20. The van der Waals surface area contributed by atoms with Crippen LogP contribution in [0, 0.1) is 0 Å². The van der Waals surface area contributed by atoms with E-state index in [2.05, 4.69) is 0 Å². The zero-order chi connectivity index (χ0) is 14.4. The molecule has 1 fully saturated rings. The summed E-state index contributed by atoms with van der Waals surface area (Å²) < 4.78 is 10.9. The second-order valence-electron chi connectivity index (χ2n) is 5.08. The fourth-order valence-electron chi connectivity index (χ4n) is 2.44. The molecule has 110 valence electrons. The van der Waals surface area contributed by atoms with E-state index in [9.17, 15) is 4.79 Å². The average molecular weight is 277 g/mol. The van der Waals surface area contributed by atoms with Gasteiger partial charge in [-0.05, 0) is 49.9 Å². The van der Waals surface area contributed by atoms with E-state index < -0.39 is 0 Å². The predicted octanol–water partition coefficient (Wildman–Crippen LogP) is 2.87. The molecular formula is C16H23NO3. The fourth-order valence-corrected chi connectivity index (χ4v) is 2.44. The van der Waals surface area contributed by atoms with Gasteiger partial charge in [-0.3, -0.25) is 4.79 Å². The molecule has 1 atom stereocenters. The van der Waals surface area contributed by atoms with Crippen molar-refractivity contribution in [3.05, 3.63) is 24.3 Å². The lowest BCUT2D eigenvalue weighted by Crippen LogP contribution is -2.44. The van der Waals surface area contributed by atoms with Gasteiger partial charge in [-0.15, -0.1) is 0 Å². The number of nitrogens with zero attached hydrogens (tertiary/aromatic N) is 1. The number of rotatable bonds is 5. The second-order valence-corrected chi connectivity index (χ2v) is 5.08. The molecule has 1 aromatic carbocycles. The van der Waals surface area contributed by atoms with Gasteiger partial charge < -0.3 is 14.4 Å². The number of hydrogen-bond donors (Lipinski definition) is 0. The van der Waals surface area contributed by atoms with Crippen molar-refractivity contribution in [2.24, 2.45) is 0 Å². The number of hydrogen-bond acceptors (Lipinski definition) is 3. The Morgan fingerprint density at radius 2 is 1.75 bits per heavy atom. The van der Waals surface area contributed by atoms with Crippen molar-refractivity contribution in [1.82, 2.24) is 4.90 Å². The Morgan fingerprint density at radius 1 is 1.15 bits per heavy atom. The Bertz CT molecular complexity index is 424. The van der Waals surface area contributed by atoms with Crippen LogP contribution in [0.2, 0.25) is 0 Å². The van der Waals surface area contributed by atoms with Gasteiger partial charge in [0, 0.05) is 13.1 Å². The van der Waals surface area contributed by atoms with Crippen molar-refractivity contribution in [3.63, 3.8) is 0 Å². The highest BCUT2D eigenvalue weighted by Gasteiger charge is 2.25. The predicted molar refractivity (Wildman–Crippen MR) is 78.1 cm³/mol. The molecule has 4 heteroatoms. The molecule has 0 aliphatic carbocycles. The highest BCUT2D eigenvalue weighted by molar-refractivity contribution is 5.81. The number of likely N-dealkylation sites (tertiary alicyclic amines) is 1. The molecule has 1 saturated heterocycles. The Balaban J connectivity index is 1.97. The number of methoxy groups -OCH3 is 1. The lowest BCUT2D eigenvalue weighted by atomic mass is 10.1. The van der Waals surface area contributed by atoms with Gasteiger partial charge in [0.25, 0.3) is 5.91 Å². The van der Waals surface area contributed by atoms with E-state index in [4.69, 9.17) is 9.47 Å². The molecule has 1 aromatic rings. The van der Waals surface area contributed by atoms with Crippen LogP contribution in [-0.4, -0.2) is 37.1 Å². The quantitative estimate of drug-likeness (QED) is 0.830. The maximum absolute atomic E-state index is 12.4. The molecule has 0 bridgehead atoms.